The molecule has 1 atom stereocenters. The van der Waals surface area contributed by atoms with Crippen molar-refractivity contribution in [2.75, 3.05) is 26.2 Å². The molecule has 5 heteroatoms. The van der Waals surface area contributed by atoms with Crippen LogP contribution in [0.15, 0.2) is 0 Å². The number of aryl methyl sites for hydroxylation is 1. The SMILES string of the molecule is CCCN1CCOC(c2nc(=S)c(C(C)C)c(C)[nH]2)C1. The van der Waals surface area contributed by atoms with Crippen LogP contribution in [0.4, 0.5) is 0 Å². The van der Waals surface area contributed by atoms with E-state index >= 15 is 0 Å². The highest BCUT2D eigenvalue weighted by molar-refractivity contribution is 7.71. The molecule has 1 aliphatic heterocycles. The number of aromatic amines is 1. The molecule has 1 aromatic heterocycles. The second-order valence-electron chi connectivity index (χ2n) is 5.78. The topological polar surface area (TPSA) is 41.1 Å². The van der Waals surface area contributed by atoms with Crippen molar-refractivity contribution in [3.05, 3.63) is 21.7 Å². The molecule has 0 amide bonds. The summed E-state index contributed by atoms with van der Waals surface area (Å²) in [5, 5.41) is 0. The zero-order valence-corrected chi connectivity index (χ0v) is 13.7. The molecular weight excluding hydrogens is 270 g/mol. The minimum atomic E-state index is 0.0110. The minimum absolute atomic E-state index is 0.0110. The van der Waals surface area contributed by atoms with E-state index in [0.717, 1.165) is 43.3 Å². The van der Waals surface area contributed by atoms with Crippen molar-refractivity contribution in [3.8, 4) is 0 Å². The van der Waals surface area contributed by atoms with Crippen LogP contribution in [0, 0.1) is 11.6 Å². The Hall–Kier alpha value is -0.780. The van der Waals surface area contributed by atoms with Crippen molar-refractivity contribution in [2.45, 2.75) is 46.1 Å². The largest absolute Gasteiger partial charge is 0.368 e. The Morgan fingerprint density at radius 1 is 1.50 bits per heavy atom. The van der Waals surface area contributed by atoms with Crippen LogP contribution in [0.1, 0.15) is 56.3 Å². The highest BCUT2D eigenvalue weighted by atomic mass is 32.1. The molecule has 0 radical (unpaired) electrons. The Morgan fingerprint density at radius 3 is 2.85 bits per heavy atom. The standard InChI is InChI=1S/C15H25N3OS/c1-5-6-18-7-8-19-12(9-18)14-16-11(4)13(10(2)3)15(20)17-14/h10,12H,5-9H2,1-4H3,(H,16,17,20). The van der Waals surface area contributed by atoms with Crippen molar-refractivity contribution in [1.29, 1.82) is 0 Å². The first-order valence-electron chi connectivity index (χ1n) is 7.47. The smallest absolute Gasteiger partial charge is 0.138 e. The molecule has 1 aliphatic rings. The molecule has 1 fully saturated rings. The molecule has 4 nitrogen and oxygen atoms in total. The van der Waals surface area contributed by atoms with E-state index < -0.39 is 0 Å². The van der Waals surface area contributed by atoms with E-state index in [1.54, 1.807) is 0 Å². The third-order valence-electron chi connectivity index (χ3n) is 3.74. The van der Waals surface area contributed by atoms with Crippen LogP contribution in [-0.2, 0) is 4.74 Å². The van der Waals surface area contributed by atoms with Gasteiger partial charge in [0.2, 0.25) is 0 Å². The first kappa shape index (κ1) is 15.6. The number of nitrogens with one attached hydrogen (secondary N) is 1. The van der Waals surface area contributed by atoms with Gasteiger partial charge in [-0.1, -0.05) is 33.0 Å². The van der Waals surface area contributed by atoms with Gasteiger partial charge in [-0.25, -0.2) is 4.98 Å². The van der Waals surface area contributed by atoms with Crippen molar-refractivity contribution in [3.63, 3.8) is 0 Å². The van der Waals surface area contributed by atoms with Crippen molar-refractivity contribution >= 4 is 12.2 Å². The summed E-state index contributed by atoms with van der Waals surface area (Å²) in [4.78, 5) is 10.4. The maximum absolute atomic E-state index is 5.87. The first-order chi connectivity index (χ1) is 9.52. The van der Waals surface area contributed by atoms with Gasteiger partial charge >= 0.3 is 0 Å². The number of ether oxygens (including phenoxy) is 1. The number of aromatic nitrogens is 2. The molecule has 1 N–H and O–H groups in total. The number of rotatable bonds is 4. The van der Waals surface area contributed by atoms with E-state index in [0.29, 0.717) is 10.6 Å². The van der Waals surface area contributed by atoms with E-state index in [1.165, 1.54) is 6.42 Å². The Bertz CT molecular complexity index is 510. The third kappa shape index (κ3) is 3.45. The highest BCUT2D eigenvalue weighted by Gasteiger charge is 2.24. The van der Waals surface area contributed by atoms with E-state index in [4.69, 9.17) is 17.0 Å². The molecular formula is C15H25N3OS. The Labute approximate surface area is 126 Å². The van der Waals surface area contributed by atoms with E-state index in [-0.39, 0.29) is 6.10 Å². The molecule has 0 aliphatic carbocycles. The highest BCUT2D eigenvalue weighted by Crippen LogP contribution is 2.23. The van der Waals surface area contributed by atoms with Crippen molar-refractivity contribution in [2.24, 2.45) is 0 Å². The van der Waals surface area contributed by atoms with E-state index in [2.05, 4.69) is 42.6 Å². The molecule has 0 spiro atoms. The summed E-state index contributed by atoms with van der Waals surface area (Å²) in [6.45, 7) is 12.4. The van der Waals surface area contributed by atoms with Gasteiger partial charge in [-0.3, -0.25) is 4.90 Å². The Morgan fingerprint density at radius 2 is 2.25 bits per heavy atom. The molecule has 1 aromatic rings. The van der Waals surface area contributed by atoms with Gasteiger partial charge in [-0.05, 0) is 25.8 Å². The molecule has 0 saturated carbocycles. The second kappa shape index (κ2) is 6.78. The van der Waals surface area contributed by atoms with Crippen molar-refractivity contribution < 1.29 is 4.74 Å². The number of nitrogens with zero attached hydrogens (tertiary/aromatic N) is 2. The lowest BCUT2D eigenvalue weighted by molar-refractivity contribution is -0.0343. The average molecular weight is 295 g/mol. The molecule has 2 rings (SSSR count). The van der Waals surface area contributed by atoms with Gasteiger partial charge < -0.3 is 9.72 Å². The van der Waals surface area contributed by atoms with Crippen molar-refractivity contribution in [1.82, 2.24) is 14.9 Å². The molecule has 0 bridgehead atoms. The van der Waals surface area contributed by atoms with Crippen LogP contribution in [0.25, 0.3) is 0 Å². The van der Waals surface area contributed by atoms with E-state index in [1.807, 2.05) is 0 Å². The van der Waals surface area contributed by atoms with Crippen LogP contribution >= 0.6 is 12.2 Å². The molecule has 0 aromatic carbocycles. The third-order valence-corrected chi connectivity index (χ3v) is 4.06. The average Bonchev–Trinajstić information content (AvgIpc) is 2.38. The van der Waals surface area contributed by atoms with Gasteiger partial charge in [-0.15, -0.1) is 0 Å². The van der Waals surface area contributed by atoms with Crippen LogP contribution in [0.2, 0.25) is 0 Å². The summed E-state index contributed by atoms with van der Waals surface area (Å²) in [6, 6.07) is 0. The van der Waals surface area contributed by atoms with Gasteiger partial charge in [0.25, 0.3) is 0 Å². The van der Waals surface area contributed by atoms with Gasteiger partial charge in [-0.2, -0.15) is 0 Å². The summed E-state index contributed by atoms with van der Waals surface area (Å²) in [5.41, 5.74) is 2.26. The van der Waals surface area contributed by atoms with Gasteiger partial charge in [0, 0.05) is 24.3 Å². The Kier molecular flexibility index (Phi) is 5.29. The minimum Gasteiger partial charge on any atom is -0.368 e. The van der Waals surface area contributed by atoms with Gasteiger partial charge in [0.15, 0.2) is 0 Å². The van der Waals surface area contributed by atoms with Gasteiger partial charge in [0.05, 0.1) is 6.61 Å². The molecule has 1 unspecified atom stereocenters. The number of hydrogen-bond acceptors (Lipinski definition) is 4. The van der Waals surface area contributed by atoms with E-state index in [9.17, 15) is 0 Å². The maximum Gasteiger partial charge on any atom is 0.138 e. The van der Waals surface area contributed by atoms with Crippen LogP contribution < -0.4 is 0 Å². The zero-order valence-electron chi connectivity index (χ0n) is 12.9. The van der Waals surface area contributed by atoms with Crippen LogP contribution in [-0.4, -0.2) is 41.1 Å². The lowest BCUT2D eigenvalue weighted by Gasteiger charge is -2.32. The fraction of sp³-hybridized carbons (Fsp3) is 0.733. The van der Waals surface area contributed by atoms with Gasteiger partial charge in [0.1, 0.15) is 16.6 Å². The second-order valence-corrected chi connectivity index (χ2v) is 6.17. The normalized spacial score (nSPS) is 20.6. The fourth-order valence-electron chi connectivity index (χ4n) is 2.84. The summed E-state index contributed by atoms with van der Waals surface area (Å²) in [7, 11) is 0. The Balaban J connectivity index is 2.23. The van der Waals surface area contributed by atoms with Crippen LogP contribution in [0.3, 0.4) is 0 Å². The molecule has 2 heterocycles. The summed E-state index contributed by atoms with van der Waals surface area (Å²) in [5.74, 6) is 1.27. The lowest BCUT2D eigenvalue weighted by atomic mass is 10.0. The quantitative estimate of drug-likeness (QED) is 0.865. The maximum atomic E-state index is 5.87. The predicted molar refractivity (Wildman–Crippen MR) is 83.7 cm³/mol. The fourth-order valence-corrected chi connectivity index (χ4v) is 3.32. The summed E-state index contributed by atoms with van der Waals surface area (Å²) < 4.78 is 6.58. The molecule has 112 valence electrons. The lowest BCUT2D eigenvalue weighted by Crippen LogP contribution is -2.39. The monoisotopic (exact) mass is 295 g/mol. The zero-order chi connectivity index (χ0) is 14.7. The first-order valence-corrected chi connectivity index (χ1v) is 7.88. The summed E-state index contributed by atoms with van der Waals surface area (Å²) >= 11 is 5.45. The van der Waals surface area contributed by atoms with Crippen LogP contribution in [0.5, 0.6) is 0 Å². The number of H-pyrrole nitrogens is 1. The predicted octanol–water partition coefficient (Wildman–Crippen LogP) is 3.35. The molecule has 1 saturated heterocycles. The summed E-state index contributed by atoms with van der Waals surface area (Å²) in [6.07, 6.45) is 1.18. The number of morpholine rings is 1. The number of hydrogen-bond donors (Lipinski definition) is 1. The molecule has 20 heavy (non-hydrogen) atoms.